The number of carbonyl (C=O) groups is 3. The van der Waals surface area contributed by atoms with Crippen LogP contribution in [0.15, 0.2) is 34.7 Å². The van der Waals surface area contributed by atoms with E-state index in [1.807, 2.05) is 0 Å². The van der Waals surface area contributed by atoms with Crippen molar-refractivity contribution in [2.45, 2.75) is 57.3 Å². The number of carbonyl (C=O) groups excluding carboxylic acids is 2. The number of aromatic nitrogens is 2. The standard InChI is InChI=1S/C23H31N5O6/c1-12(2)16(24)17(29)23(13(3)19(25)31,28-11-7-10-15(28)22(32)33)18(30)21-27-26-20(34-21)14-8-5-4-6-9-14/h4-6,8-9,12-13,15-16,18,30H,7,10-11,24H2,1-3H3,(H2,25,31)(H,32,33). The number of carboxylic acids is 1. The third kappa shape index (κ3) is 4.33. The maximum Gasteiger partial charge on any atom is 0.320 e. The quantitative estimate of drug-likeness (QED) is 0.383. The Balaban J connectivity index is 2.22. The van der Waals surface area contributed by atoms with E-state index in [0.29, 0.717) is 12.0 Å². The number of benzene rings is 1. The van der Waals surface area contributed by atoms with E-state index in [1.54, 1.807) is 44.2 Å². The lowest BCUT2D eigenvalue weighted by Crippen LogP contribution is -2.70. The summed E-state index contributed by atoms with van der Waals surface area (Å²) in [5.74, 6) is -4.75. The average molecular weight is 474 g/mol. The molecule has 0 bridgehead atoms. The van der Waals surface area contributed by atoms with Crippen molar-refractivity contribution in [3.05, 3.63) is 36.2 Å². The number of aliphatic hydroxyl groups is 1. The number of aliphatic hydroxyl groups excluding tert-OH is 1. The summed E-state index contributed by atoms with van der Waals surface area (Å²) in [4.78, 5) is 39.9. The molecule has 5 atom stereocenters. The number of nitrogens with two attached hydrogens (primary N) is 2. The van der Waals surface area contributed by atoms with Gasteiger partial charge in [-0.1, -0.05) is 39.0 Å². The van der Waals surface area contributed by atoms with Gasteiger partial charge in [0.05, 0.1) is 12.0 Å². The second-order valence-electron chi connectivity index (χ2n) is 8.99. The van der Waals surface area contributed by atoms with Gasteiger partial charge in [-0.05, 0) is 30.9 Å². The summed E-state index contributed by atoms with van der Waals surface area (Å²) in [5, 5.41) is 29.4. The predicted octanol–water partition coefficient (Wildman–Crippen LogP) is 0.732. The summed E-state index contributed by atoms with van der Waals surface area (Å²) in [5.41, 5.74) is 10.3. The van der Waals surface area contributed by atoms with Gasteiger partial charge in [0.25, 0.3) is 0 Å². The number of amides is 1. The van der Waals surface area contributed by atoms with Crippen LogP contribution in [0.3, 0.4) is 0 Å². The van der Waals surface area contributed by atoms with Gasteiger partial charge in [-0.15, -0.1) is 10.2 Å². The second kappa shape index (κ2) is 10.00. The van der Waals surface area contributed by atoms with Gasteiger partial charge in [0.2, 0.25) is 17.7 Å². The molecule has 6 N–H and O–H groups in total. The maximum absolute atomic E-state index is 14.0. The number of hydrogen-bond acceptors (Lipinski definition) is 9. The van der Waals surface area contributed by atoms with Crippen LogP contribution in [0.2, 0.25) is 0 Å². The van der Waals surface area contributed by atoms with Crippen molar-refractivity contribution in [2.24, 2.45) is 23.3 Å². The number of Topliss-reactive ketones (excluding diaryl/α,β-unsaturated/α-hetero) is 1. The highest BCUT2D eigenvalue weighted by molar-refractivity contribution is 5.99. The summed E-state index contributed by atoms with van der Waals surface area (Å²) in [6, 6.07) is 6.53. The highest BCUT2D eigenvalue weighted by Crippen LogP contribution is 2.44. The molecule has 0 saturated carbocycles. The zero-order valence-electron chi connectivity index (χ0n) is 19.4. The van der Waals surface area contributed by atoms with Crippen LogP contribution in [-0.4, -0.2) is 67.1 Å². The Morgan fingerprint density at radius 1 is 1.18 bits per heavy atom. The molecular weight excluding hydrogens is 442 g/mol. The molecule has 2 heterocycles. The van der Waals surface area contributed by atoms with E-state index < -0.39 is 47.3 Å². The molecule has 3 rings (SSSR count). The van der Waals surface area contributed by atoms with Crippen LogP contribution < -0.4 is 11.5 Å². The Labute approximate surface area is 197 Å². The molecule has 1 aliphatic heterocycles. The fraction of sp³-hybridized carbons (Fsp3) is 0.522. The van der Waals surface area contributed by atoms with E-state index in [4.69, 9.17) is 15.9 Å². The minimum absolute atomic E-state index is 0.0899. The smallest absolute Gasteiger partial charge is 0.320 e. The first-order valence-electron chi connectivity index (χ1n) is 11.2. The van der Waals surface area contributed by atoms with Crippen LogP contribution in [0.5, 0.6) is 0 Å². The summed E-state index contributed by atoms with van der Waals surface area (Å²) in [6.07, 6.45) is -1.21. The molecule has 11 heteroatoms. The fourth-order valence-electron chi connectivity index (χ4n) is 4.62. The van der Waals surface area contributed by atoms with E-state index in [0.717, 1.165) is 0 Å². The topological polar surface area (TPSA) is 186 Å². The SMILES string of the molecule is CC(C)C(N)C(=O)C(C(C)C(N)=O)(C(O)c1nnc(-c2ccccc2)o1)N1CCCC1C(=O)O. The van der Waals surface area contributed by atoms with Crippen LogP contribution in [0.25, 0.3) is 11.5 Å². The molecule has 0 spiro atoms. The largest absolute Gasteiger partial charge is 0.480 e. The summed E-state index contributed by atoms with van der Waals surface area (Å²) >= 11 is 0. The normalized spacial score (nSPS) is 21.1. The minimum Gasteiger partial charge on any atom is -0.480 e. The molecule has 0 aliphatic carbocycles. The predicted molar refractivity (Wildman–Crippen MR) is 121 cm³/mol. The Bertz CT molecular complexity index is 1040. The van der Waals surface area contributed by atoms with E-state index in [2.05, 4.69) is 10.2 Å². The van der Waals surface area contributed by atoms with Crippen LogP contribution >= 0.6 is 0 Å². The van der Waals surface area contributed by atoms with Crippen molar-refractivity contribution in [1.82, 2.24) is 15.1 Å². The molecule has 184 valence electrons. The Hall–Kier alpha value is -3.15. The number of hydrogen-bond donors (Lipinski definition) is 4. The number of carboxylic acid groups (broad SMARTS) is 1. The van der Waals surface area contributed by atoms with Gasteiger partial charge in [0, 0.05) is 12.1 Å². The molecule has 1 amide bonds. The lowest BCUT2D eigenvalue weighted by Gasteiger charge is -2.48. The first kappa shape index (κ1) is 25.5. The van der Waals surface area contributed by atoms with Crippen molar-refractivity contribution < 1.29 is 29.0 Å². The van der Waals surface area contributed by atoms with Crippen LogP contribution in [0.1, 0.15) is 45.6 Å². The molecule has 1 fully saturated rings. The van der Waals surface area contributed by atoms with Crippen molar-refractivity contribution in [1.29, 1.82) is 0 Å². The van der Waals surface area contributed by atoms with Gasteiger partial charge in [-0.3, -0.25) is 19.3 Å². The van der Waals surface area contributed by atoms with E-state index in [1.165, 1.54) is 11.8 Å². The van der Waals surface area contributed by atoms with Crippen LogP contribution in [0, 0.1) is 11.8 Å². The zero-order chi connectivity index (χ0) is 25.2. The van der Waals surface area contributed by atoms with Gasteiger partial charge < -0.3 is 26.1 Å². The molecule has 34 heavy (non-hydrogen) atoms. The molecule has 2 aromatic rings. The second-order valence-corrected chi connectivity index (χ2v) is 8.99. The summed E-state index contributed by atoms with van der Waals surface area (Å²) in [6.45, 7) is 4.94. The van der Waals surface area contributed by atoms with Crippen molar-refractivity contribution in [2.75, 3.05) is 6.54 Å². The van der Waals surface area contributed by atoms with Gasteiger partial charge >= 0.3 is 5.97 Å². The molecular formula is C23H31N5O6. The first-order valence-corrected chi connectivity index (χ1v) is 11.2. The van der Waals surface area contributed by atoms with E-state index in [9.17, 15) is 24.6 Å². The summed E-state index contributed by atoms with van der Waals surface area (Å²) < 4.78 is 5.72. The van der Waals surface area contributed by atoms with Crippen LogP contribution in [0.4, 0.5) is 0 Å². The molecule has 1 aromatic heterocycles. The molecule has 1 aliphatic rings. The lowest BCUT2D eigenvalue weighted by atomic mass is 9.70. The molecule has 11 nitrogen and oxygen atoms in total. The van der Waals surface area contributed by atoms with E-state index >= 15 is 0 Å². The van der Waals surface area contributed by atoms with Crippen molar-refractivity contribution in [3.8, 4) is 11.5 Å². The fourth-order valence-corrected chi connectivity index (χ4v) is 4.62. The Morgan fingerprint density at radius 2 is 1.82 bits per heavy atom. The molecule has 5 unspecified atom stereocenters. The number of likely N-dealkylation sites (tertiary alicyclic amines) is 1. The van der Waals surface area contributed by atoms with Crippen molar-refractivity contribution >= 4 is 17.7 Å². The number of ketones is 1. The number of nitrogens with zero attached hydrogens (tertiary/aromatic N) is 3. The lowest BCUT2D eigenvalue weighted by molar-refractivity contribution is -0.165. The van der Waals surface area contributed by atoms with Gasteiger partial charge in [-0.2, -0.15) is 0 Å². The Kier molecular flexibility index (Phi) is 7.49. The number of primary amides is 1. The molecule has 1 saturated heterocycles. The molecule has 0 radical (unpaired) electrons. The van der Waals surface area contributed by atoms with Gasteiger partial charge in [0.15, 0.2) is 11.9 Å². The highest BCUT2D eigenvalue weighted by Gasteiger charge is 2.62. The highest BCUT2D eigenvalue weighted by atomic mass is 16.4. The first-order chi connectivity index (χ1) is 16.0. The summed E-state index contributed by atoms with van der Waals surface area (Å²) in [7, 11) is 0. The van der Waals surface area contributed by atoms with Gasteiger partial charge in [-0.25, -0.2) is 0 Å². The number of rotatable bonds is 10. The zero-order valence-corrected chi connectivity index (χ0v) is 19.4. The van der Waals surface area contributed by atoms with E-state index in [-0.39, 0.29) is 30.7 Å². The Morgan fingerprint density at radius 3 is 2.38 bits per heavy atom. The average Bonchev–Trinajstić information content (AvgIpc) is 3.49. The number of aliphatic carboxylic acids is 1. The monoisotopic (exact) mass is 473 g/mol. The molecule has 1 aromatic carbocycles. The third-order valence-corrected chi connectivity index (χ3v) is 6.63. The minimum atomic E-state index is -2.13. The van der Waals surface area contributed by atoms with Crippen LogP contribution in [-0.2, 0) is 14.4 Å². The van der Waals surface area contributed by atoms with Crippen molar-refractivity contribution in [3.63, 3.8) is 0 Å². The maximum atomic E-state index is 14.0. The third-order valence-electron chi connectivity index (χ3n) is 6.63. The van der Waals surface area contributed by atoms with Gasteiger partial charge in [0.1, 0.15) is 11.6 Å².